The van der Waals surface area contributed by atoms with Gasteiger partial charge >= 0.3 is 5.97 Å². The summed E-state index contributed by atoms with van der Waals surface area (Å²) in [6, 6.07) is 4.14. The number of carbonyl (C=O) groups is 1. The average molecular weight is 316 g/mol. The second-order valence-electron chi connectivity index (χ2n) is 4.90. The van der Waals surface area contributed by atoms with E-state index < -0.39 is 5.97 Å². The van der Waals surface area contributed by atoms with Gasteiger partial charge in [-0.3, -0.25) is 9.69 Å². The Hall–Kier alpha value is -0.810. The molecule has 1 aliphatic rings. The van der Waals surface area contributed by atoms with E-state index >= 15 is 0 Å². The molecular weight excluding hydrogens is 298 g/mol. The predicted molar refractivity (Wildman–Crippen MR) is 71.4 cm³/mol. The molecule has 1 aliphatic heterocycles. The first kappa shape index (κ1) is 13.6. The third-order valence-corrected chi connectivity index (χ3v) is 4.09. The summed E-state index contributed by atoms with van der Waals surface area (Å²) in [5.41, 5.74) is 0. The van der Waals surface area contributed by atoms with Crippen LogP contribution >= 0.6 is 15.9 Å². The van der Waals surface area contributed by atoms with Crippen LogP contribution in [0.25, 0.3) is 0 Å². The maximum atomic E-state index is 10.7. The normalized spacial score (nSPS) is 19.9. The van der Waals surface area contributed by atoms with Gasteiger partial charge in [0, 0.05) is 6.42 Å². The molecule has 0 radical (unpaired) electrons. The molecule has 0 saturated carbocycles. The summed E-state index contributed by atoms with van der Waals surface area (Å²) in [7, 11) is 0. The Labute approximate surface area is 115 Å². The maximum absolute atomic E-state index is 10.7. The molecule has 1 unspecified atom stereocenters. The molecular formula is C13H18BrNO3. The number of aliphatic carboxylic acids is 1. The Morgan fingerprint density at radius 3 is 2.72 bits per heavy atom. The molecule has 0 aliphatic carbocycles. The fraction of sp³-hybridized carbons (Fsp3) is 0.615. The van der Waals surface area contributed by atoms with Crippen molar-refractivity contribution in [3.8, 4) is 0 Å². The summed E-state index contributed by atoms with van der Waals surface area (Å²) in [4.78, 5) is 13.0. The summed E-state index contributed by atoms with van der Waals surface area (Å²) in [6.45, 7) is 4.01. The van der Waals surface area contributed by atoms with Gasteiger partial charge in [0.25, 0.3) is 0 Å². The Balaban J connectivity index is 1.87. The van der Waals surface area contributed by atoms with E-state index in [-0.39, 0.29) is 6.04 Å². The van der Waals surface area contributed by atoms with Crippen LogP contribution in [0.15, 0.2) is 21.2 Å². The van der Waals surface area contributed by atoms with Crippen LogP contribution in [-0.4, -0.2) is 29.1 Å². The molecule has 0 bridgehead atoms. The highest BCUT2D eigenvalue weighted by molar-refractivity contribution is 9.10. The first-order chi connectivity index (χ1) is 8.56. The molecule has 1 saturated heterocycles. The van der Waals surface area contributed by atoms with Crippen molar-refractivity contribution < 1.29 is 14.3 Å². The molecule has 100 valence electrons. The number of furan rings is 1. The minimum atomic E-state index is -0.684. The summed E-state index contributed by atoms with van der Waals surface area (Å²) in [6.07, 6.45) is 2.21. The lowest BCUT2D eigenvalue weighted by Gasteiger charge is -2.34. The molecule has 18 heavy (non-hydrogen) atoms. The van der Waals surface area contributed by atoms with Crippen molar-refractivity contribution in [2.24, 2.45) is 5.92 Å². The summed E-state index contributed by atoms with van der Waals surface area (Å²) < 4.78 is 6.33. The van der Waals surface area contributed by atoms with Crippen LogP contribution in [0.1, 0.15) is 38.0 Å². The molecule has 1 atom stereocenters. The summed E-state index contributed by atoms with van der Waals surface area (Å²) in [5.74, 6) is 0.601. The third kappa shape index (κ3) is 3.36. The van der Waals surface area contributed by atoms with Crippen molar-refractivity contribution in [2.45, 2.75) is 32.2 Å². The van der Waals surface area contributed by atoms with E-state index in [9.17, 15) is 4.79 Å². The van der Waals surface area contributed by atoms with E-state index in [1.807, 2.05) is 12.1 Å². The second kappa shape index (κ2) is 5.89. The van der Waals surface area contributed by atoms with E-state index in [2.05, 4.69) is 27.8 Å². The topological polar surface area (TPSA) is 53.7 Å². The van der Waals surface area contributed by atoms with Gasteiger partial charge in [-0.2, -0.15) is 0 Å². The maximum Gasteiger partial charge on any atom is 0.303 e. The molecule has 1 fully saturated rings. The highest BCUT2D eigenvalue weighted by Crippen LogP contribution is 2.29. The lowest BCUT2D eigenvalue weighted by atomic mass is 9.93. The van der Waals surface area contributed by atoms with E-state index in [1.165, 1.54) is 0 Å². The number of piperidine rings is 1. The van der Waals surface area contributed by atoms with Crippen LogP contribution in [0.5, 0.6) is 0 Å². The number of nitrogens with zero attached hydrogens (tertiary/aromatic N) is 1. The Morgan fingerprint density at radius 1 is 1.56 bits per heavy atom. The number of carboxylic acid groups (broad SMARTS) is 1. The van der Waals surface area contributed by atoms with Crippen molar-refractivity contribution in [3.63, 3.8) is 0 Å². The standard InChI is InChI=1S/C13H18BrNO3/c1-9(11-2-3-12(14)18-11)15-6-4-10(5-7-15)8-13(16)17/h2-3,9-10H,4-8H2,1H3,(H,16,17). The lowest BCUT2D eigenvalue weighted by molar-refractivity contribution is -0.138. The summed E-state index contributed by atoms with van der Waals surface area (Å²) in [5, 5.41) is 8.79. The van der Waals surface area contributed by atoms with Gasteiger partial charge in [-0.05, 0) is 66.8 Å². The third-order valence-electron chi connectivity index (χ3n) is 3.67. The van der Waals surface area contributed by atoms with Crippen LogP contribution in [-0.2, 0) is 4.79 Å². The van der Waals surface area contributed by atoms with Crippen molar-refractivity contribution in [3.05, 3.63) is 22.6 Å². The number of hydrogen-bond donors (Lipinski definition) is 1. The van der Waals surface area contributed by atoms with Crippen LogP contribution < -0.4 is 0 Å². The van der Waals surface area contributed by atoms with Gasteiger partial charge in [0.2, 0.25) is 0 Å². The van der Waals surface area contributed by atoms with E-state index in [0.29, 0.717) is 12.3 Å². The second-order valence-corrected chi connectivity index (χ2v) is 5.68. The first-order valence-electron chi connectivity index (χ1n) is 6.27. The molecule has 0 aromatic carbocycles. The van der Waals surface area contributed by atoms with Gasteiger partial charge in [-0.25, -0.2) is 0 Å². The summed E-state index contributed by atoms with van der Waals surface area (Å²) >= 11 is 3.31. The minimum Gasteiger partial charge on any atom is -0.481 e. The average Bonchev–Trinajstić information content (AvgIpc) is 2.75. The largest absolute Gasteiger partial charge is 0.481 e. The van der Waals surface area contributed by atoms with Gasteiger partial charge in [-0.1, -0.05) is 0 Å². The van der Waals surface area contributed by atoms with E-state index in [0.717, 1.165) is 36.4 Å². The highest BCUT2D eigenvalue weighted by atomic mass is 79.9. The molecule has 4 nitrogen and oxygen atoms in total. The van der Waals surface area contributed by atoms with Crippen molar-refractivity contribution in [1.82, 2.24) is 4.90 Å². The zero-order valence-corrected chi connectivity index (χ0v) is 12.0. The molecule has 2 heterocycles. The van der Waals surface area contributed by atoms with E-state index in [4.69, 9.17) is 9.52 Å². The number of carboxylic acids is 1. The number of rotatable bonds is 4. The Bertz CT molecular complexity index is 410. The first-order valence-corrected chi connectivity index (χ1v) is 7.06. The quantitative estimate of drug-likeness (QED) is 0.926. The lowest BCUT2D eigenvalue weighted by Crippen LogP contribution is -2.36. The Morgan fingerprint density at radius 2 is 2.22 bits per heavy atom. The minimum absolute atomic E-state index is 0.252. The van der Waals surface area contributed by atoms with Gasteiger partial charge in [-0.15, -0.1) is 0 Å². The van der Waals surface area contributed by atoms with Crippen LogP contribution in [0.2, 0.25) is 0 Å². The van der Waals surface area contributed by atoms with E-state index in [1.54, 1.807) is 0 Å². The molecule has 2 rings (SSSR count). The SMILES string of the molecule is CC(c1ccc(Br)o1)N1CCC(CC(=O)O)CC1. The molecule has 1 aromatic heterocycles. The van der Waals surface area contributed by atoms with Gasteiger partial charge < -0.3 is 9.52 Å². The zero-order chi connectivity index (χ0) is 13.1. The van der Waals surface area contributed by atoms with Gasteiger partial charge in [0.1, 0.15) is 5.76 Å². The molecule has 1 N–H and O–H groups in total. The van der Waals surface area contributed by atoms with Gasteiger partial charge in [0.05, 0.1) is 6.04 Å². The molecule has 0 spiro atoms. The van der Waals surface area contributed by atoms with Crippen molar-refractivity contribution in [2.75, 3.05) is 13.1 Å². The van der Waals surface area contributed by atoms with Crippen molar-refractivity contribution >= 4 is 21.9 Å². The Kier molecular flexibility index (Phi) is 4.45. The van der Waals surface area contributed by atoms with Crippen LogP contribution in [0.4, 0.5) is 0 Å². The molecule has 5 heteroatoms. The number of likely N-dealkylation sites (tertiary alicyclic amines) is 1. The fourth-order valence-corrected chi connectivity index (χ4v) is 2.84. The fourth-order valence-electron chi connectivity index (χ4n) is 2.52. The van der Waals surface area contributed by atoms with Gasteiger partial charge in [0.15, 0.2) is 4.67 Å². The van der Waals surface area contributed by atoms with Crippen molar-refractivity contribution in [1.29, 1.82) is 0 Å². The number of halogens is 1. The number of hydrogen-bond acceptors (Lipinski definition) is 3. The highest BCUT2D eigenvalue weighted by Gasteiger charge is 2.26. The van der Waals surface area contributed by atoms with Crippen LogP contribution in [0.3, 0.4) is 0 Å². The van der Waals surface area contributed by atoms with Crippen LogP contribution in [0, 0.1) is 5.92 Å². The smallest absolute Gasteiger partial charge is 0.303 e. The monoisotopic (exact) mass is 315 g/mol. The predicted octanol–water partition coefficient (Wildman–Crippen LogP) is 3.29. The zero-order valence-electron chi connectivity index (χ0n) is 10.4. The molecule has 0 amide bonds. The molecule has 1 aromatic rings.